The highest BCUT2D eigenvalue weighted by atomic mass is 127. The predicted molar refractivity (Wildman–Crippen MR) is 120 cm³/mol. The first kappa shape index (κ1) is 26.3. The molecule has 0 aromatic carbocycles. The molecule has 1 unspecified atom stereocenters. The number of halogens is 1. The molecule has 0 saturated carbocycles. The molecule has 168 valence electrons. The maximum Gasteiger partial charge on any atom is 0.242 e. The monoisotopic (exact) mass is 525 g/mol. The van der Waals surface area contributed by atoms with Crippen LogP contribution in [0, 0.1) is 0 Å². The summed E-state index contributed by atoms with van der Waals surface area (Å²) in [6.45, 7) is 10.3. The van der Waals surface area contributed by atoms with Crippen molar-refractivity contribution in [1.29, 1.82) is 0 Å². The molecule has 8 nitrogen and oxygen atoms in total. The number of alkyl halides is 1. The van der Waals surface area contributed by atoms with Gasteiger partial charge in [0.15, 0.2) is 0 Å². The van der Waals surface area contributed by atoms with Gasteiger partial charge < -0.3 is 20.1 Å². The Morgan fingerprint density at radius 1 is 1.07 bits per heavy atom. The number of amides is 3. The van der Waals surface area contributed by atoms with Crippen LogP contribution in [-0.2, 0) is 23.9 Å². The van der Waals surface area contributed by atoms with Crippen LogP contribution in [0.2, 0.25) is 0 Å². The summed E-state index contributed by atoms with van der Waals surface area (Å²) in [7, 11) is 0. The lowest BCUT2D eigenvalue weighted by Crippen LogP contribution is -2.38. The molecule has 0 aliphatic carbocycles. The first-order valence-corrected chi connectivity index (χ1v) is 11.6. The number of nitrogens with zero attached hydrogens (tertiary/aromatic N) is 1. The zero-order valence-corrected chi connectivity index (χ0v) is 20.1. The van der Waals surface area contributed by atoms with Crippen LogP contribution in [0.25, 0.3) is 0 Å². The summed E-state index contributed by atoms with van der Waals surface area (Å²) in [5.41, 5.74) is 0.0997. The fourth-order valence-corrected chi connectivity index (χ4v) is 3.49. The van der Waals surface area contributed by atoms with E-state index in [-0.39, 0.29) is 27.2 Å². The standard InChI is InChI=1S/C20H36IN3O5/c1-20(2,3)23-9-12-29-14-13-28-11-8-22-17(25)7-5-4-6-10-24-18(26)15-16(21)19(24)27/h16,23H,4-15H2,1-3H3,(H,22,25). The van der Waals surface area contributed by atoms with E-state index in [2.05, 4.69) is 31.4 Å². The molecule has 2 N–H and O–H groups in total. The van der Waals surface area contributed by atoms with Gasteiger partial charge in [0.25, 0.3) is 0 Å². The summed E-state index contributed by atoms with van der Waals surface area (Å²) in [6.07, 6.45) is 3.05. The molecule has 3 amide bonds. The minimum absolute atomic E-state index is 0.00115. The van der Waals surface area contributed by atoms with Gasteiger partial charge in [-0.3, -0.25) is 19.3 Å². The van der Waals surface area contributed by atoms with E-state index < -0.39 is 0 Å². The molecule has 1 aliphatic rings. The summed E-state index contributed by atoms with van der Waals surface area (Å²) in [5.74, 6) is -0.168. The molecule has 0 spiro atoms. The maximum absolute atomic E-state index is 11.8. The Morgan fingerprint density at radius 3 is 2.31 bits per heavy atom. The lowest BCUT2D eigenvalue weighted by Gasteiger charge is -2.20. The number of ether oxygens (including phenoxy) is 2. The molecular weight excluding hydrogens is 489 g/mol. The number of hydrogen-bond donors (Lipinski definition) is 2. The van der Waals surface area contributed by atoms with Gasteiger partial charge in [-0.15, -0.1) is 0 Å². The Morgan fingerprint density at radius 2 is 1.72 bits per heavy atom. The Bertz CT molecular complexity index is 525. The molecule has 1 heterocycles. The van der Waals surface area contributed by atoms with Crippen molar-refractivity contribution in [2.45, 2.75) is 62.3 Å². The number of rotatable bonds is 15. The lowest BCUT2D eigenvalue weighted by molar-refractivity contribution is -0.138. The van der Waals surface area contributed by atoms with Gasteiger partial charge >= 0.3 is 0 Å². The van der Waals surface area contributed by atoms with Crippen LogP contribution >= 0.6 is 22.6 Å². The van der Waals surface area contributed by atoms with Crippen molar-refractivity contribution in [2.75, 3.05) is 46.1 Å². The molecule has 0 bridgehead atoms. The molecule has 0 aromatic heterocycles. The number of likely N-dealkylation sites (tertiary alicyclic amines) is 1. The second-order valence-electron chi connectivity index (χ2n) is 8.12. The third-order valence-electron chi connectivity index (χ3n) is 4.32. The van der Waals surface area contributed by atoms with Gasteiger partial charge in [0.2, 0.25) is 17.7 Å². The normalized spacial score (nSPS) is 17.2. The molecule has 1 aliphatic heterocycles. The highest BCUT2D eigenvalue weighted by Crippen LogP contribution is 2.20. The van der Waals surface area contributed by atoms with E-state index in [1.54, 1.807) is 0 Å². The number of unbranched alkanes of at least 4 members (excludes halogenated alkanes) is 2. The first-order chi connectivity index (χ1) is 13.7. The average molecular weight is 525 g/mol. The van der Waals surface area contributed by atoms with E-state index in [0.717, 1.165) is 25.8 Å². The molecule has 1 saturated heterocycles. The molecule has 9 heteroatoms. The Balaban J connectivity index is 1.87. The van der Waals surface area contributed by atoms with Gasteiger partial charge in [-0.2, -0.15) is 0 Å². The molecule has 1 rings (SSSR count). The van der Waals surface area contributed by atoms with Crippen molar-refractivity contribution >= 4 is 40.3 Å². The third-order valence-corrected chi connectivity index (χ3v) is 5.29. The second kappa shape index (κ2) is 14.3. The Kier molecular flexibility index (Phi) is 12.9. The highest BCUT2D eigenvalue weighted by Gasteiger charge is 2.36. The van der Waals surface area contributed by atoms with E-state index in [4.69, 9.17) is 9.47 Å². The zero-order valence-electron chi connectivity index (χ0n) is 17.9. The number of carbonyl (C=O) groups excluding carboxylic acids is 3. The van der Waals surface area contributed by atoms with Gasteiger partial charge in [0, 0.05) is 38.0 Å². The van der Waals surface area contributed by atoms with Gasteiger partial charge in [0.05, 0.1) is 30.4 Å². The number of imide groups is 1. The summed E-state index contributed by atoms with van der Waals surface area (Å²) < 4.78 is 10.7. The smallest absolute Gasteiger partial charge is 0.242 e. The summed E-state index contributed by atoms with van der Waals surface area (Å²) in [4.78, 5) is 36.6. The fourth-order valence-electron chi connectivity index (χ4n) is 2.78. The quantitative estimate of drug-likeness (QED) is 0.146. The van der Waals surface area contributed by atoms with E-state index in [1.165, 1.54) is 4.90 Å². The van der Waals surface area contributed by atoms with E-state index in [9.17, 15) is 14.4 Å². The van der Waals surface area contributed by atoms with Crippen molar-refractivity contribution in [3.8, 4) is 0 Å². The molecule has 0 radical (unpaired) electrons. The molecule has 29 heavy (non-hydrogen) atoms. The van der Waals surface area contributed by atoms with E-state index in [0.29, 0.717) is 52.4 Å². The second-order valence-corrected chi connectivity index (χ2v) is 9.62. The van der Waals surface area contributed by atoms with E-state index >= 15 is 0 Å². The van der Waals surface area contributed by atoms with Crippen LogP contribution in [-0.4, -0.2) is 78.1 Å². The van der Waals surface area contributed by atoms with Crippen molar-refractivity contribution in [3.05, 3.63) is 0 Å². The van der Waals surface area contributed by atoms with Gasteiger partial charge in [0.1, 0.15) is 0 Å². The van der Waals surface area contributed by atoms with Crippen LogP contribution < -0.4 is 10.6 Å². The van der Waals surface area contributed by atoms with Crippen molar-refractivity contribution in [2.24, 2.45) is 0 Å². The number of hydrogen-bond acceptors (Lipinski definition) is 6. The minimum atomic E-state index is -0.217. The van der Waals surface area contributed by atoms with Gasteiger partial charge in [-0.05, 0) is 33.6 Å². The minimum Gasteiger partial charge on any atom is -0.378 e. The molecule has 0 aromatic rings. The largest absolute Gasteiger partial charge is 0.378 e. The van der Waals surface area contributed by atoms with Crippen LogP contribution in [0.3, 0.4) is 0 Å². The Hall–Kier alpha value is -0.780. The van der Waals surface area contributed by atoms with Crippen LogP contribution in [0.5, 0.6) is 0 Å². The molecular formula is C20H36IN3O5. The summed E-state index contributed by atoms with van der Waals surface area (Å²) >= 11 is 2.01. The van der Waals surface area contributed by atoms with Crippen LogP contribution in [0.15, 0.2) is 0 Å². The highest BCUT2D eigenvalue weighted by molar-refractivity contribution is 14.1. The topological polar surface area (TPSA) is 97.0 Å². The van der Waals surface area contributed by atoms with Crippen molar-refractivity contribution in [1.82, 2.24) is 15.5 Å². The Labute approximate surface area is 188 Å². The summed E-state index contributed by atoms with van der Waals surface area (Å²) in [6, 6.07) is 0. The zero-order chi connectivity index (χ0) is 21.7. The predicted octanol–water partition coefficient (Wildman–Crippen LogP) is 1.65. The van der Waals surface area contributed by atoms with E-state index in [1.807, 2.05) is 22.6 Å². The number of nitrogens with one attached hydrogen (secondary N) is 2. The van der Waals surface area contributed by atoms with Crippen LogP contribution in [0.4, 0.5) is 0 Å². The summed E-state index contributed by atoms with van der Waals surface area (Å²) in [5, 5.41) is 6.17. The molecule has 1 fully saturated rings. The average Bonchev–Trinajstić information content (AvgIpc) is 2.87. The van der Waals surface area contributed by atoms with Crippen LogP contribution in [0.1, 0.15) is 52.9 Å². The third kappa shape index (κ3) is 12.5. The van der Waals surface area contributed by atoms with Crippen molar-refractivity contribution < 1.29 is 23.9 Å². The van der Waals surface area contributed by atoms with Crippen molar-refractivity contribution in [3.63, 3.8) is 0 Å². The first-order valence-electron chi connectivity index (χ1n) is 10.4. The molecule has 1 atom stereocenters. The van der Waals surface area contributed by atoms with Gasteiger partial charge in [-0.1, -0.05) is 29.0 Å². The fraction of sp³-hybridized carbons (Fsp3) is 0.850. The maximum atomic E-state index is 11.8. The SMILES string of the molecule is CC(C)(C)NCCOCCOCCNC(=O)CCCCCN1C(=O)CC(I)C1=O. The number of carbonyl (C=O) groups is 3. The lowest BCUT2D eigenvalue weighted by atomic mass is 10.1. The van der Waals surface area contributed by atoms with Gasteiger partial charge in [-0.25, -0.2) is 0 Å².